The zero-order chi connectivity index (χ0) is 29.2. The summed E-state index contributed by atoms with van der Waals surface area (Å²) in [7, 11) is -3.24. The number of hydrogen-bond acceptors (Lipinski definition) is 6. The third kappa shape index (κ3) is 6.84. The second-order valence-corrected chi connectivity index (χ2v) is 17.0. The minimum atomic E-state index is -3.24. The summed E-state index contributed by atoms with van der Waals surface area (Å²) in [4.78, 5) is 50.9. The van der Waals surface area contributed by atoms with E-state index >= 15 is 0 Å². The molecule has 2 aliphatic carbocycles. The van der Waals surface area contributed by atoms with Crippen LogP contribution in [0, 0.1) is 11.3 Å². The third-order valence-electron chi connectivity index (χ3n) is 8.40. The first kappa shape index (κ1) is 30.0. The first-order valence-corrected chi connectivity index (χ1v) is 16.2. The van der Waals surface area contributed by atoms with Crippen molar-refractivity contribution < 1.29 is 28.7 Å². The summed E-state index contributed by atoms with van der Waals surface area (Å²) in [5.41, 5.74) is -1.26. The smallest absolute Gasteiger partial charge is 0.408 e. The lowest BCUT2D eigenvalue weighted by atomic mass is 9.88. The Morgan fingerprint density at radius 3 is 1.93 bits per heavy atom. The highest BCUT2D eigenvalue weighted by atomic mass is 28.4. The largest absolute Gasteiger partial charge is 0.456 e. The van der Waals surface area contributed by atoms with Crippen molar-refractivity contribution in [1.82, 2.24) is 5.32 Å². The Balaban J connectivity index is 1.56. The molecular formula is C32H43NO6Si. The van der Waals surface area contributed by atoms with Crippen LogP contribution in [0.5, 0.6) is 0 Å². The molecule has 2 aromatic carbocycles. The molecule has 2 N–H and O–H groups in total. The van der Waals surface area contributed by atoms with Crippen molar-refractivity contribution in [2.24, 2.45) is 11.3 Å². The predicted molar refractivity (Wildman–Crippen MR) is 157 cm³/mol. The molecule has 0 aromatic heterocycles. The second-order valence-electron chi connectivity index (χ2n) is 13.1. The van der Waals surface area contributed by atoms with Crippen LogP contribution >= 0.6 is 0 Å². The van der Waals surface area contributed by atoms with Gasteiger partial charge >= 0.3 is 12.1 Å². The van der Waals surface area contributed by atoms with Gasteiger partial charge in [-0.3, -0.25) is 4.79 Å². The van der Waals surface area contributed by atoms with Gasteiger partial charge < -0.3 is 19.6 Å². The van der Waals surface area contributed by atoms with Gasteiger partial charge in [-0.2, -0.15) is 0 Å². The minimum Gasteiger partial charge on any atom is -0.456 e. The Hall–Kier alpha value is -2.97. The molecule has 7 nitrogen and oxygen atoms in total. The van der Waals surface area contributed by atoms with Crippen LogP contribution in [0.2, 0.25) is 5.04 Å². The number of nitrogens with one attached hydrogen (secondary N) is 1. The molecule has 1 amide bonds. The summed E-state index contributed by atoms with van der Waals surface area (Å²) in [5.74, 6) is -0.690. The van der Waals surface area contributed by atoms with Crippen LogP contribution < -0.4 is 15.7 Å². The maximum Gasteiger partial charge on any atom is 0.408 e. The van der Waals surface area contributed by atoms with E-state index in [9.17, 15) is 19.2 Å². The Bertz CT molecular complexity index is 1160. The highest BCUT2D eigenvalue weighted by Crippen LogP contribution is 2.56. The van der Waals surface area contributed by atoms with E-state index in [-0.39, 0.29) is 18.3 Å². The van der Waals surface area contributed by atoms with E-state index in [4.69, 9.17) is 9.47 Å². The van der Waals surface area contributed by atoms with Crippen LogP contribution in [0.4, 0.5) is 4.79 Å². The lowest BCUT2D eigenvalue weighted by Gasteiger charge is -2.42. The maximum atomic E-state index is 13.4. The highest BCUT2D eigenvalue weighted by Gasteiger charge is 2.57. The number of ketones is 1. The minimum absolute atomic E-state index is 0.0145. The fourth-order valence-electron chi connectivity index (χ4n) is 5.53. The molecule has 2 aliphatic rings. The van der Waals surface area contributed by atoms with Crippen LogP contribution in [0.3, 0.4) is 0 Å². The summed E-state index contributed by atoms with van der Waals surface area (Å²) in [6.07, 6.45) is 3.67. The normalized spacial score (nSPS) is 17.4. The van der Waals surface area contributed by atoms with Gasteiger partial charge in [0.15, 0.2) is 5.78 Å². The number of ether oxygens (including phenoxy) is 2. The van der Waals surface area contributed by atoms with Crippen molar-refractivity contribution >= 4 is 36.5 Å². The molecule has 2 fully saturated rings. The molecular weight excluding hydrogens is 522 g/mol. The van der Waals surface area contributed by atoms with Gasteiger partial charge in [-0.05, 0) is 74.7 Å². The van der Waals surface area contributed by atoms with Gasteiger partial charge in [0.25, 0.3) is 8.32 Å². The van der Waals surface area contributed by atoms with Crippen molar-refractivity contribution in [2.75, 3.05) is 6.61 Å². The second kappa shape index (κ2) is 11.5. The highest BCUT2D eigenvalue weighted by molar-refractivity contribution is 6.98. The maximum absolute atomic E-state index is 13.4. The molecule has 0 radical (unpaired) electrons. The van der Waals surface area contributed by atoms with Crippen molar-refractivity contribution in [2.45, 2.75) is 89.8 Å². The first-order chi connectivity index (χ1) is 18.8. The van der Waals surface area contributed by atoms with Gasteiger partial charge in [-0.1, -0.05) is 74.5 Å². The molecule has 40 heavy (non-hydrogen) atoms. The van der Waals surface area contributed by atoms with Crippen molar-refractivity contribution in [3.63, 3.8) is 0 Å². The average Bonchev–Trinajstić information content (AvgIpc) is 3.84. The number of alkyl carbamates (subject to hydrolysis) is 1. The number of hydrogen-bond donors (Lipinski definition) is 2. The molecule has 2 saturated carbocycles. The fourth-order valence-corrected chi connectivity index (χ4v) is 9.26. The third-order valence-corrected chi connectivity index (χ3v) is 12.9. The molecule has 0 saturated heterocycles. The summed E-state index contributed by atoms with van der Waals surface area (Å²) in [6, 6.07) is 18.7. The lowest BCUT2D eigenvalue weighted by Crippen LogP contribution is -2.65. The molecule has 8 heteroatoms. The molecule has 0 bridgehead atoms. The molecule has 216 valence electrons. The van der Waals surface area contributed by atoms with Crippen molar-refractivity contribution in [1.29, 1.82) is 0 Å². The number of rotatable bonds is 12. The zero-order valence-corrected chi connectivity index (χ0v) is 25.4. The van der Waals surface area contributed by atoms with E-state index in [1.54, 1.807) is 20.8 Å². The lowest BCUT2D eigenvalue weighted by molar-refractivity contribution is -0.152. The Morgan fingerprint density at radius 2 is 1.48 bits per heavy atom. The number of benzene rings is 2. The average molecular weight is 566 g/mol. The van der Waals surface area contributed by atoms with E-state index in [2.05, 4.69) is 19.2 Å². The van der Waals surface area contributed by atoms with Crippen LogP contribution in [0.25, 0.3) is 0 Å². The van der Waals surface area contributed by atoms with Gasteiger partial charge in [-0.25, -0.2) is 9.59 Å². The molecule has 4 rings (SSSR count). The zero-order valence-electron chi connectivity index (χ0n) is 24.4. The molecule has 0 aliphatic heterocycles. The standard InChI is InChI=1S/C32H43NO6Si/c1-30(2,3)39-29(36)33-27(28(35)38-22-26(34)23-16-17-23)32(20-21-32)19-18-31(4,5)40(37,24-12-8-6-9-13-24)25-14-10-7-11-15-25/h6-15,23,27,37H,16-22H2,1-5H3,(H,33,36). The monoisotopic (exact) mass is 565 g/mol. The van der Waals surface area contributed by atoms with E-state index in [0.717, 1.165) is 36.1 Å². The number of amides is 1. The van der Waals surface area contributed by atoms with Gasteiger partial charge in [-0.15, -0.1) is 0 Å². The SMILES string of the molecule is CC(C)(C)OC(=O)NC(C(=O)OCC(=O)C1CC1)C1(CCC(C)(C)[Si](O)(c2ccccc2)c2ccccc2)CC1. The van der Waals surface area contributed by atoms with Crippen molar-refractivity contribution in [3.8, 4) is 0 Å². The molecule has 0 heterocycles. The molecule has 1 unspecified atom stereocenters. The van der Waals surface area contributed by atoms with E-state index in [1.165, 1.54) is 0 Å². The topological polar surface area (TPSA) is 102 Å². The van der Waals surface area contributed by atoms with E-state index in [1.807, 2.05) is 60.7 Å². The predicted octanol–water partition coefficient (Wildman–Crippen LogP) is 4.49. The fraction of sp³-hybridized carbons (Fsp3) is 0.531. The number of Topliss-reactive ketones (excluding diaryl/α,β-unsaturated/α-hetero) is 1. The number of esters is 1. The van der Waals surface area contributed by atoms with Crippen LogP contribution in [-0.2, 0) is 19.1 Å². The van der Waals surface area contributed by atoms with Crippen LogP contribution in [0.1, 0.15) is 73.1 Å². The molecule has 2 aromatic rings. The first-order valence-electron chi connectivity index (χ1n) is 14.3. The van der Waals surface area contributed by atoms with Crippen molar-refractivity contribution in [3.05, 3.63) is 60.7 Å². The molecule has 0 spiro atoms. The Kier molecular flexibility index (Phi) is 8.62. The molecule has 1 atom stereocenters. The van der Waals surface area contributed by atoms with Gasteiger partial charge in [0.05, 0.1) is 0 Å². The van der Waals surface area contributed by atoms with Gasteiger partial charge in [0.2, 0.25) is 0 Å². The van der Waals surface area contributed by atoms with E-state index in [0.29, 0.717) is 12.8 Å². The summed E-state index contributed by atoms with van der Waals surface area (Å²) in [6.45, 7) is 9.22. The quantitative estimate of drug-likeness (QED) is 0.290. The van der Waals surface area contributed by atoms with Gasteiger partial charge in [0.1, 0.15) is 18.2 Å². The van der Waals surface area contributed by atoms with Crippen LogP contribution in [0.15, 0.2) is 60.7 Å². The van der Waals surface area contributed by atoms with Gasteiger partial charge in [0, 0.05) is 11.3 Å². The van der Waals surface area contributed by atoms with E-state index < -0.39 is 42.5 Å². The summed E-state index contributed by atoms with van der Waals surface area (Å²) in [5, 5.41) is 4.13. The number of carbonyl (C=O) groups is 3. The number of carbonyl (C=O) groups excluding carboxylic acids is 3. The van der Waals surface area contributed by atoms with Crippen LogP contribution in [-0.4, -0.2) is 49.2 Å². The Morgan fingerprint density at radius 1 is 0.950 bits per heavy atom. The summed E-state index contributed by atoms with van der Waals surface area (Å²) < 4.78 is 10.9. The Labute approximate surface area is 238 Å². The summed E-state index contributed by atoms with van der Waals surface area (Å²) >= 11 is 0.